The molecule has 2 aromatic rings. The molecule has 0 fully saturated rings. The van der Waals surface area contributed by atoms with E-state index in [-0.39, 0.29) is 5.91 Å². The standard InChI is InChI=1S/C20H27N3O/c1-4-19(17-10-6-5-7-11-17)21-14-16-9-8-12-18(13-16)22-20(24)15-23(2)3/h5-13,19,21H,4,14-15H2,1-3H3,(H,22,24)/t19-/m0/s1. The number of anilines is 1. The number of benzene rings is 2. The molecule has 24 heavy (non-hydrogen) atoms. The van der Waals surface area contributed by atoms with Crippen LogP contribution in [0.25, 0.3) is 0 Å². The molecule has 0 saturated heterocycles. The van der Waals surface area contributed by atoms with E-state index in [0.29, 0.717) is 12.6 Å². The highest BCUT2D eigenvalue weighted by molar-refractivity contribution is 5.92. The lowest BCUT2D eigenvalue weighted by Gasteiger charge is -2.18. The normalized spacial score (nSPS) is 12.2. The summed E-state index contributed by atoms with van der Waals surface area (Å²) in [6.45, 7) is 3.34. The van der Waals surface area contributed by atoms with E-state index in [9.17, 15) is 4.79 Å². The molecule has 4 nitrogen and oxygen atoms in total. The van der Waals surface area contributed by atoms with Gasteiger partial charge in [0.2, 0.25) is 5.91 Å². The SMILES string of the molecule is CC[C@H](NCc1cccc(NC(=O)CN(C)C)c1)c1ccccc1. The first-order valence-corrected chi connectivity index (χ1v) is 8.40. The number of rotatable bonds is 8. The molecule has 0 aromatic heterocycles. The van der Waals surface area contributed by atoms with Crippen LogP contribution >= 0.6 is 0 Å². The van der Waals surface area contributed by atoms with E-state index >= 15 is 0 Å². The Hall–Kier alpha value is -2.17. The molecule has 0 spiro atoms. The summed E-state index contributed by atoms with van der Waals surface area (Å²) in [6.07, 6.45) is 1.03. The van der Waals surface area contributed by atoms with E-state index in [1.165, 1.54) is 5.56 Å². The van der Waals surface area contributed by atoms with Gasteiger partial charge in [-0.2, -0.15) is 0 Å². The average molecular weight is 325 g/mol. The largest absolute Gasteiger partial charge is 0.325 e. The molecular weight excluding hydrogens is 298 g/mol. The van der Waals surface area contributed by atoms with Crippen LogP contribution in [-0.2, 0) is 11.3 Å². The maximum absolute atomic E-state index is 11.9. The van der Waals surface area contributed by atoms with E-state index in [1.54, 1.807) is 0 Å². The second-order valence-corrected chi connectivity index (χ2v) is 6.24. The van der Waals surface area contributed by atoms with Crippen molar-refractivity contribution in [3.8, 4) is 0 Å². The molecule has 2 rings (SSSR count). The smallest absolute Gasteiger partial charge is 0.238 e. The highest BCUT2D eigenvalue weighted by Gasteiger charge is 2.08. The van der Waals surface area contributed by atoms with Crippen LogP contribution in [0.2, 0.25) is 0 Å². The number of hydrogen-bond acceptors (Lipinski definition) is 3. The lowest BCUT2D eigenvalue weighted by Crippen LogP contribution is -2.27. The third kappa shape index (κ3) is 5.80. The lowest BCUT2D eigenvalue weighted by molar-refractivity contribution is -0.116. The minimum atomic E-state index is 0.000768. The van der Waals surface area contributed by atoms with Crippen LogP contribution in [0, 0.1) is 0 Å². The van der Waals surface area contributed by atoms with Crippen molar-refractivity contribution in [1.29, 1.82) is 0 Å². The van der Waals surface area contributed by atoms with Gasteiger partial charge in [-0.15, -0.1) is 0 Å². The Morgan fingerprint density at radius 3 is 2.50 bits per heavy atom. The van der Waals surface area contributed by atoms with Crippen LogP contribution in [-0.4, -0.2) is 31.4 Å². The predicted molar refractivity (Wildman–Crippen MR) is 99.9 cm³/mol. The number of carbonyl (C=O) groups is 1. The van der Waals surface area contributed by atoms with E-state index in [4.69, 9.17) is 0 Å². The van der Waals surface area contributed by atoms with Crippen molar-refractivity contribution in [3.63, 3.8) is 0 Å². The average Bonchev–Trinajstić information content (AvgIpc) is 2.56. The van der Waals surface area contributed by atoms with E-state index in [1.807, 2.05) is 43.3 Å². The minimum absolute atomic E-state index is 0.000768. The summed E-state index contributed by atoms with van der Waals surface area (Å²) in [4.78, 5) is 13.7. The minimum Gasteiger partial charge on any atom is -0.325 e. The maximum Gasteiger partial charge on any atom is 0.238 e. The second kappa shape index (κ2) is 9.21. The van der Waals surface area contributed by atoms with Crippen molar-refractivity contribution in [2.75, 3.05) is 26.0 Å². The number of hydrogen-bond donors (Lipinski definition) is 2. The zero-order valence-electron chi connectivity index (χ0n) is 14.8. The van der Waals surface area contributed by atoms with Gasteiger partial charge in [0.25, 0.3) is 0 Å². The van der Waals surface area contributed by atoms with Crippen LogP contribution in [0.3, 0.4) is 0 Å². The first kappa shape index (κ1) is 18.2. The Balaban J connectivity index is 1.95. The van der Waals surface area contributed by atoms with Gasteiger partial charge in [-0.3, -0.25) is 4.79 Å². The zero-order chi connectivity index (χ0) is 17.4. The molecule has 0 aliphatic rings. The molecule has 2 aromatic carbocycles. The third-order valence-corrected chi connectivity index (χ3v) is 3.83. The van der Waals surface area contributed by atoms with Crippen LogP contribution in [0.4, 0.5) is 5.69 Å². The highest BCUT2D eigenvalue weighted by Crippen LogP contribution is 2.17. The van der Waals surface area contributed by atoms with Crippen LogP contribution in [0.15, 0.2) is 54.6 Å². The van der Waals surface area contributed by atoms with Crippen molar-refractivity contribution in [2.45, 2.75) is 25.9 Å². The van der Waals surface area contributed by atoms with Crippen molar-refractivity contribution in [3.05, 3.63) is 65.7 Å². The quantitative estimate of drug-likeness (QED) is 0.781. The number of carbonyl (C=O) groups excluding carboxylic acids is 1. The first-order chi connectivity index (χ1) is 11.6. The summed E-state index contributed by atoms with van der Waals surface area (Å²) in [7, 11) is 3.77. The monoisotopic (exact) mass is 325 g/mol. The summed E-state index contributed by atoms with van der Waals surface area (Å²) in [5, 5.41) is 6.53. The van der Waals surface area contributed by atoms with Crippen molar-refractivity contribution >= 4 is 11.6 Å². The summed E-state index contributed by atoms with van der Waals surface area (Å²) < 4.78 is 0. The van der Waals surface area contributed by atoms with Gasteiger partial charge in [-0.05, 0) is 43.8 Å². The molecule has 1 amide bonds. The molecule has 0 aliphatic carbocycles. The molecule has 0 aliphatic heterocycles. The van der Waals surface area contributed by atoms with Crippen molar-refractivity contribution < 1.29 is 4.79 Å². The van der Waals surface area contributed by atoms with Crippen molar-refractivity contribution in [2.24, 2.45) is 0 Å². The summed E-state index contributed by atoms with van der Waals surface area (Å²) >= 11 is 0. The molecule has 0 unspecified atom stereocenters. The fourth-order valence-corrected chi connectivity index (χ4v) is 2.67. The fourth-order valence-electron chi connectivity index (χ4n) is 2.67. The molecule has 0 heterocycles. The molecular formula is C20H27N3O. The summed E-state index contributed by atoms with van der Waals surface area (Å²) in [5.41, 5.74) is 3.30. The van der Waals surface area contributed by atoms with E-state index in [0.717, 1.165) is 24.2 Å². The predicted octanol–water partition coefficient (Wildman–Crippen LogP) is 3.43. The second-order valence-electron chi connectivity index (χ2n) is 6.24. The number of nitrogens with zero attached hydrogens (tertiary/aromatic N) is 1. The molecule has 0 radical (unpaired) electrons. The van der Waals surface area contributed by atoms with Gasteiger partial charge in [0.05, 0.1) is 6.54 Å². The molecule has 4 heteroatoms. The Labute approximate surface area is 144 Å². The maximum atomic E-state index is 11.9. The van der Waals surface area contributed by atoms with Gasteiger partial charge < -0.3 is 15.5 Å². The lowest BCUT2D eigenvalue weighted by atomic mass is 10.0. The van der Waals surface area contributed by atoms with Gasteiger partial charge in [0.1, 0.15) is 0 Å². The Morgan fingerprint density at radius 2 is 1.83 bits per heavy atom. The fraction of sp³-hybridized carbons (Fsp3) is 0.350. The highest BCUT2D eigenvalue weighted by atomic mass is 16.2. The van der Waals surface area contributed by atoms with E-state index < -0.39 is 0 Å². The van der Waals surface area contributed by atoms with Gasteiger partial charge in [0, 0.05) is 18.3 Å². The van der Waals surface area contributed by atoms with E-state index in [2.05, 4.69) is 47.9 Å². The van der Waals surface area contributed by atoms with Crippen molar-refractivity contribution in [1.82, 2.24) is 10.2 Å². The van der Waals surface area contributed by atoms with Crippen LogP contribution in [0.1, 0.15) is 30.5 Å². The Kier molecular flexibility index (Phi) is 6.97. The van der Waals surface area contributed by atoms with Gasteiger partial charge in [-0.1, -0.05) is 49.4 Å². The van der Waals surface area contributed by atoms with Gasteiger partial charge >= 0.3 is 0 Å². The Morgan fingerprint density at radius 1 is 1.08 bits per heavy atom. The number of nitrogens with one attached hydrogen (secondary N) is 2. The summed E-state index contributed by atoms with van der Waals surface area (Å²) in [5.74, 6) is 0.000768. The van der Waals surface area contributed by atoms with Gasteiger partial charge in [-0.25, -0.2) is 0 Å². The molecule has 128 valence electrons. The van der Waals surface area contributed by atoms with Crippen LogP contribution < -0.4 is 10.6 Å². The first-order valence-electron chi connectivity index (χ1n) is 8.40. The van der Waals surface area contributed by atoms with Gasteiger partial charge in [0.15, 0.2) is 0 Å². The zero-order valence-corrected chi connectivity index (χ0v) is 14.8. The third-order valence-electron chi connectivity index (χ3n) is 3.83. The molecule has 1 atom stereocenters. The number of amides is 1. The summed E-state index contributed by atoms with van der Waals surface area (Å²) in [6, 6.07) is 18.8. The number of likely N-dealkylation sites (N-methyl/N-ethyl adjacent to an activating group) is 1. The molecule has 0 saturated carbocycles. The van der Waals surface area contributed by atoms with Crippen LogP contribution in [0.5, 0.6) is 0 Å². The molecule has 0 bridgehead atoms. The molecule has 2 N–H and O–H groups in total. The topological polar surface area (TPSA) is 44.4 Å². The Bertz CT molecular complexity index is 640.